The number of fused-ring (bicyclic) bond motifs is 1. The highest BCUT2D eigenvalue weighted by atomic mass is 35.5. The van der Waals surface area contributed by atoms with Crippen LogP contribution in [0.1, 0.15) is 52.5 Å². The average Bonchev–Trinajstić information content (AvgIpc) is 3.16. The van der Waals surface area contributed by atoms with Crippen LogP contribution in [0.3, 0.4) is 0 Å². The second-order valence-electron chi connectivity index (χ2n) is 10.4. The van der Waals surface area contributed by atoms with Crippen molar-refractivity contribution in [3.05, 3.63) is 63.3 Å². The second kappa shape index (κ2) is 11.8. The van der Waals surface area contributed by atoms with Crippen molar-refractivity contribution in [2.45, 2.75) is 38.4 Å². The lowest BCUT2D eigenvalue weighted by molar-refractivity contribution is 0.0821. The minimum Gasteiger partial charge on any atom is -0.495 e. The fourth-order valence-corrected chi connectivity index (χ4v) is 5.55. The van der Waals surface area contributed by atoms with Crippen molar-refractivity contribution in [1.29, 1.82) is 0 Å². The van der Waals surface area contributed by atoms with Gasteiger partial charge in [0.2, 0.25) is 11.8 Å². The molecular weight excluding hydrogens is 572 g/mol. The van der Waals surface area contributed by atoms with Crippen LogP contribution in [-0.2, 0) is 0 Å². The highest BCUT2D eigenvalue weighted by Gasteiger charge is 2.36. The van der Waals surface area contributed by atoms with E-state index < -0.39 is 18.1 Å². The van der Waals surface area contributed by atoms with Crippen LogP contribution in [0.15, 0.2) is 36.5 Å². The second-order valence-corrected chi connectivity index (χ2v) is 11.2. The number of anilines is 2. The zero-order valence-electron chi connectivity index (χ0n) is 23.0. The fraction of sp³-hybridized carbons (Fsp3) is 0.379. The lowest BCUT2D eigenvalue weighted by Crippen LogP contribution is -2.51. The Hall–Kier alpha value is -3.47. The van der Waals surface area contributed by atoms with E-state index in [4.69, 9.17) is 32.7 Å². The van der Waals surface area contributed by atoms with E-state index in [0.717, 1.165) is 5.56 Å². The third-order valence-electron chi connectivity index (χ3n) is 7.72. The standard InChI is InChI=1S/C29H30Cl2FN5O4/c1-14-15(2)26(38)25-16(14)6-5-7-23(25)41-28-19(31)12-33-29(36-28)35-22-11-18(30)17(10-24(22)40-4)27(39)34-21-8-9-37(3)13-20(21)32/h5-7,10-12,14-15,20-21H,8-9,13H2,1-4H3,(H,34,39)(H,33,35,36)/t14?,15?,20-,21+/m1/s1. The predicted molar refractivity (Wildman–Crippen MR) is 155 cm³/mol. The lowest BCUT2D eigenvalue weighted by atomic mass is 9.96. The van der Waals surface area contributed by atoms with Crippen molar-refractivity contribution >= 4 is 46.5 Å². The number of likely N-dealkylation sites (tertiary alicyclic amines) is 1. The smallest absolute Gasteiger partial charge is 0.253 e. The summed E-state index contributed by atoms with van der Waals surface area (Å²) in [6, 6.07) is 7.82. The van der Waals surface area contributed by atoms with E-state index in [1.165, 1.54) is 25.4 Å². The Morgan fingerprint density at radius 2 is 1.93 bits per heavy atom. The van der Waals surface area contributed by atoms with Crippen LogP contribution in [0.4, 0.5) is 16.0 Å². The van der Waals surface area contributed by atoms with E-state index >= 15 is 0 Å². The molecular formula is C29H30Cl2FN5O4. The Kier molecular flexibility index (Phi) is 8.35. The molecule has 1 saturated heterocycles. The number of aromatic nitrogens is 2. The number of methoxy groups -OCH3 is 1. The van der Waals surface area contributed by atoms with Crippen molar-refractivity contribution in [1.82, 2.24) is 20.2 Å². The first kappa shape index (κ1) is 29.0. The quantitative estimate of drug-likeness (QED) is 0.338. The van der Waals surface area contributed by atoms with Gasteiger partial charge in [-0.15, -0.1) is 0 Å². The molecule has 0 bridgehead atoms. The Bertz CT molecular complexity index is 1510. The largest absolute Gasteiger partial charge is 0.495 e. The summed E-state index contributed by atoms with van der Waals surface area (Å²) >= 11 is 12.8. The molecule has 0 radical (unpaired) electrons. The molecule has 1 aliphatic heterocycles. The maximum Gasteiger partial charge on any atom is 0.253 e. The summed E-state index contributed by atoms with van der Waals surface area (Å²) in [6.45, 7) is 4.84. The number of benzene rings is 2. The molecule has 3 aromatic rings. The van der Waals surface area contributed by atoms with E-state index in [9.17, 15) is 14.0 Å². The number of rotatable bonds is 7. The zero-order valence-corrected chi connectivity index (χ0v) is 24.5. The Labute approximate surface area is 247 Å². The number of hydrogen-bond donors (Lipinski definition) is 2. The van der Waals surface area contributed by atoms with Crippen LogP contribution in [-0.4, -0.2) is 66.0 Å². The topological polar surface area (TPSA) is 106 Å². The number of alkyl halides is 1. The zero-order chi connectivity index (χ0) is 29.4. The first-order valence-electron chi connectivity index (χ1n) is 13.2. The van der Waals surface area contributed by atoms with Gasteiger partial charge in [-0.25, -0.2) is 9.37 Å². The number of ether oxygens (including phenoxy) is 2. The normalized spacial score (nSPS) is 22.3. The highest BCUT2D eigenvalue weighted by Crippen LogP contribution is 2.43. The number of amides is 1. The van der Waals surface area contributed by atoms with Gasteiger partial charge in [-0.3, -0.25) is 9.59 Å². The summed E-state index contributed by atoms with van der Waals surface area (Å²) in [7, 11) is 3.28. The first-order valence-corrected chi connectivity index (χ1v) is 14.0. The molecule has 1 aromatic heterocycles. The monoisotopic (exact) mass is 601 g/mol. The minimum atomic E-state index is -1.18. The summed E-state index contributed by atoms with van der Waals surface area (Å²) in [4.78, 5) is 36.4. The van der Waals surface area contributed by atoms with E-state index in [2.05, 4.69) is 20.6 Å². The van der Waals surface area contributed by atoms with E-state index in [0.29, 0.717) is 30.0 Å². The summed E-state index contributed by atoms with van der Waals surface area (Å²) in [5.74, 6) is 0.251. The molecule has 0 spiro atoms. The van der Waals surface area contributed by atoms with Gasteiger partial charge in [-0.2, -0.15) is 4.98 Å². The Morgan fingerprint density at radius 3 is 2.66 bits per heavy atom. The van der Waals surface area contributed by atoms with Crippen molar-refractivity contribution in [2.75, 3.05) is 32.6 Å². The number of piperidine rings is 1. The molecule has 1 aliphatic carbocycles. The van der Waals surface area contributed by atoms with Crippen LogP contribution in [0, 0.1) is 5.92 Å². The van der Waals surface area contributed by atoms with Crippen molar-refractivity contribution in [3.63, 3.8) is 0 Å². The van der Waals surface area contributed by atoms with E-state index in [1.54, 1.807) is 6.07 Å². The molecule has 5 rings (SSSR count). The van der Waals surface area contributed by atoms with Crippen LogP contribution < -0.4 is 20.1 Å². The fourth-order valence-electron chi connectivity index (χ4n) is 5.17. The molecule has 1 amide bonds. The molecule has 9 nitrogen and oxygen atoms in total. The number of nitrogens with one attached hydrogen (secondary N) is 2. The number of halogens is 3. The summed E-state index contributed by atoms with van der Waals surface area (Å²) in [6.07, 6.45) is 0.682. The molecule has 2 aromatic carbocycles. The molecule has 216 valence electrons. The van der Waals surface area contributed by atoms with Gasteiger partial charge in [0.05, 0.1) is 41.2 Å². The number of carbonyl (C=O) groups is 2. The summed E-state index contributed by atoms with van der Waals surface area (Å²) < 4.78 is 26.0. The van der Waals surface area contributed by atoms with Gasteiger partial charge in [0.15, 0.2) is 5.78 Å². The number of carbonyl (C=O) groups excluding carboxylic acids is 2. The van der Waals surface area contributed by atoms with Crippen LogP contribution in [0.25, 0.3) is 0 Å². The van der Waals surface area contributed by atoms with Crippen molar-refractivity contribution in [2.24, 2.45) is 5.92 Å². The summed E-state index contributed by atoms with van der Waals surface area (Å²) in [5.41, 5.74) is 1.97. The van der Waals surface area contributed by atoms with Crippen LogP contribution >= 0.6 is 23.2 Å². The number of Topliss-reactive ketones (excluding diaryl/α,β-unsaturated/α-hetero) is 1. The van der Waals surface area contributed by atoms with Gasteiger partial charge >= 0.3 is 0 Å². The molecule has 2 heterocycles. The maximum absolute atomic E-state index is 14.5. The predicted octanol–water partition coefficient (Wildman–Crippen LogP) is 6.04. The van der Waals surface area contributed by atoms with Gasteiger partial charge in [-0.1, -0.05) is 49.2 Å². The molecule has 2 aliphatic rings. The third-order valence-corrected chi connectivity index (χ3v) is 8.29. The molecule has 2 N–H and O–H groups in total. The average molecular weight is 602 g/mol. The number of hydrogen-bond acceptors (Lipinski definition) is 8. The van der Waals surface area contributed by atoms with E-state index in [-0.39, 0.29) is 57.4 Å². The lowest BCUT2D eigenvalue weighted by Gasteiger charge is -2.32. The Morgan fingerprint density at radius 1 is 1.15 bits per heavy atom. The molecule has 41 heavy (non-hydrogen) atoms. The highest BCUT2D eigenvalue weighted by molar-refractivity contribution is 6.34. The SMILES string of the molecule is COc1cc(C(=O)N[C@H]2CCN(C)C[C@H]2F)c(Cl)cc1Nc1ncc(Cl)c(Oc2cccc3c2C(=O)C(C)C3C)n1. The molecule has 1 fully saturated rings. The van der Waals surface area contributed by atoms with Crippen LogP contribution in [0.5, 0.6) is 17.4 Å². The van der Waals surface area contributed by atoms with Crippen molar-refractivity contribution < 1.29 is 23.5 Å². The van der Waals surface area contributed by atoms with Gasteiger partial charge < -0.3 is 25.0 Å². The maximum atomic E-state index is 14.5. The van der Waals surface area contributed by atoms with Crippen LogP contribution in [0.2, 0.25) is 10.0 Å². The number of ketones is 1. The van der Waals surface area contributed by atoms with Gasteiger partial charge in [0.1, 0.15) is 22.7 Å². The summed E-state index contributed by atoms with van der Waals surface area (Å²) in [5, 5.41) is 6.04. The molecule has 0 saturated carbocycles. The van der Waals surface area contributed by atoms with Gasteiger partial charge in [-0.05, 0) is 43.1 Å². The minimum absolute atomic E-state index is 0.00740. The van der Waals surface area contributed by atoms with Gasteiger partial charge in [0.25, 0.3) is 5.91 Å². The van der Waals surface area contributed by atoms with E-state index in [1.807, 2.05) is 37.9 Å². The molecule has 12 heteroatoms. The van der Waals surface area contributed by atoms with Gasteiger partial charge in [0, 0.05) is 19.0 Å². The third kappa shape index (κ3) is 5.82. The van der Waals surface area contributed by atoms with Crippen molar-refractivity contribution in [3.8, 4) is 17.4 Å². The Balaban J connectivity index is 1.37. The first-order chi connectivity index (χ1) is 19.6. The molecule has 4 atom stereocenters. The number of nitrogens with zero attached hydrogens (tertiary/aromatic N) is 3. The molecule has 2 unspecified atom stereocenters.